The van der Waals surface area contributed by atoms with Gasteiger partial charge in [-0.1, -0.05) is 0 Å². The Hall–Kier alpha value is -1.98. The fourth-order valence-corrected chi connectivity index (χ4v) is 1.21. The molecule has 0 aliphatic rings. The Morgan fingerprint density at radius 1 is 1.50 bits per heavy atom. The first-order valence-corrected chi connectivity index (χ1v) is 4.16. The third-order valence-electron chi connectivity index (χ3n) is 1.88. The van der Waals surface area contributed by atoms with Crippen LogP contribution in [0.4, 0.5) is 0 Å². The third-order valence-corrected chi connectivity index (χ3v) is 1.88. The second-order valence-electron chi connectivity index (χ2n) is 2.89. The number of nitrogens with two attached hydrogens (primary N) is 1. The highest BCUT2D eigenvalue weighted by Gasteiger charge is 2.03. The Morgan fingerprint density at radius 2 is 2.36 bits per heavy atom. The monoisotopic (exact) mass is 191 g/mol. The van der Waals surface area contributed by atoms with Gasteiger partial charge in [-0.25, -0.2) is 15.0 Å². The summed E-state index contributed by atoms with van der Waals surface area (Å²) < 4.78 is 1.78. The number of carbonyl (C=O) groups is 1. The number of aromatic nitrogens is 4. The first-order valence-electron chi connectivity index (χ1n) is 4.16. The van der Waals surface area contributed by atoms with E-state index >= 15 is 0 Å². The Bertz CT molecular complexity index is 463. The van der Waals surface area contributed by atoms with Crippen molar-refractivity contribution in [2.24, 2.45) is 5.73 Å². The highest BCUT2D eigenvalue weighted by Crippen LogP contribution is 2.07. The van der Waals surface area contributed by atoms with E-state index in [9.17, 15) is 4.79 Å². The van der Waals surface area contributed by atoms with Crippen molar-refractivity contribution >= 4 is 17.1 Å². The topological polar surface area (TPSA) is 86.7 Å². The van der Waals surface area contributed by atoms with Gasteiger partial charge in [0.15, 0.2) is 5.65 Å². The van der Waals surface area contributed by atoms with Crippen LogP contribution in [0.1, 0.15) is 6.42 Å². The maximum atomic E-state index is 10.6. The van der Waals surface area contributed by atoms with Crippen molar-refractivity contribution in [2.75, 3.05) is 0 Å². The molecule has 0 saturated carbocycles. The minimum atomic E-state index is -0.332. The number of amides is 1. The normalized spacial score (nSPS) is 10.6. The summed E-state index contributed by atoms with van der Waals surface area (Å²) in [5.74, 6) is -0.332. The number of hydrogen-bond donors (Lipinski definition) is 1. The van der Waals surface area contributed by atoms with Crippen LogP contribution in [-0.2, 0) is 11.3 Å². The maximum Gasteiger partial charge on any atom is 0.219 e. The van der Waals surface area contributed by atoms with Gasteiger partial charge in [0.1, 0.15) is 11.8 Å². The molecule has 0 unspecified atom stereocenters. The summed E-state index contributed by atoms with van der Waals surface area (Å²) in [4.78, 5) is 22.6. The van der Waals surface area contributed by atoms with Crippen molar-refractivity contribution in [1.82, 2.24) is 19.5 Å². The predicted octanol–water partition coefficient (Wildman–Crippen LogP) is -0.298. The van der Waals surface area contributed by atoms with Crippen molar-refractivity contribution in [3.05, 3.63) is 18.9 Å². The van der Waals surface area contributed by atoms with Crippen LogP contribution in [0.15, 0.2) is 18.9 Å². The van der Waals surface area contributed by atoms with Crippen molar-refractivity contribution in [2.45, 2.75) is 13.0 Å². The first kappa shape index (κ1) is 8.61. The summed E-state index contributed by atoms with van der Waals surface area (Å²) in [5, 5.41) is 0. The van der Waals surface area contributed by atoms with Gasteiger partial charge in [0.05, 0.1) is 12.5 Å². The number of aryl methyl sites for hydroxylation is 1. The maximum absolute atomic E-state index is 10.6. The number of primary amides is 1. The minimum absolute atomic E-state index is 0.287. The predicted molar refractivity (Wildman–Crippen MR) is 49.1 cm³/mol. The molecule has 0 aromatic carbocycles. The van der Waals surface area contributed by atoms with E-state index in [0.29, 0.717) is 6.54 Å². The third kappa shape index (κ3) is 1.54. The van der Waals surface area contributed by atoms with Crippen molar-refractivity contribution < 1.29 is 4.79 Å². The molecule has 0 aliphatic carbocycles. The molecule has 0 bridgehead atoms. The lowest BCUT2D eigenvalue weighted by molar-refractivity contribution is -0.118. The van der Waals surface area contributed by atoms with E-state index in [-0.39, 0.29) is 12.3 Å². The van der Waals surface area contributed by atoms with E-state index in [1.54, 1.807) is 17.1 Å². The van der Waals surface area contributed by atoms with E-state index in [4.69, 9.17) is 5.73 Å². The lowest BCUT2D eigenvalue weighted by Crippen LogP contribution is -2.13. The Labute approximate surface area is 79.8 Å². The summed E-state index contributed by atoms with van der Waals surface area (Å²) in [6.07, 6.45) is 4.99. The zero-order chi connectivity index (χ0) is 9.97. The molecule has 0 saturated heterocycles. The molecule has 14 heavy (non-hydrogen) atoms. The number of fused-ring (bicyclic) bond motifs is 1. The van der Waals surface area contributed by atoms with E-state index in [2.05, 4.69) is 15.0 Å². The SMILES string of the molecule is NC(=O)CCn1cnc2cncnc21. The van der Waals surface area contributed by atoms with Crippen LogP contribution < -0.4 is 5.73 Å². The van der Waals surface area contributed by atoms with E-state index in [1.165, 1.54) is 6.33 Å². The number of rotatable bonds is 3. The zero-order valence-electron chi connectivity index (χ0n) is 7.42. The smallest absolute Gasteiger partial charge is 0.219 e. The van der Waals surface area contributed by atoms with Crippen LogP contribution in [0.2, 0.25) is 0 Å². The van der Waals surface area contributed by atoms with Crippen LogP contribution in [0.25, 0.3) is 11.2 Å². The lowest BCUT2D eigenvalue weighted by atomic mass is 10.4. The molecule has 0 spiro atoms. The van der Waals surface area contributed by atoms with Crippen LogP contribution >= 0.6 is 0 Å². The standard InChI is InChI=1S/C8H9N5O/c9-7(14)1-2-13-5-12-6-3-10-4-11-8(6)13/h3-5H,1-2H2,(H2,9,14). The Kier molecular flexibility index (Phi) is 2.10. The van der Waals surface area contributed by atoms with Gasteiger partial charge < -0.3 is 10.3 Å². The van der Waals surface area contributed by atoms with Gasteiger partial charge >= 0.3 is 0 Å². The highest BCUT2D eigenvalue weighted by molar-refractivity contribution is 5.74. The number of imidazole rings is 1. The van der Waals surface area contributed by atoms with E-state index < -0.39 is 0 Å². The van der Waals surface area contributed by atoms with Gasteiger partial charge in [0.25, 0.3) is 0 Å². The molecular weight excluding hydrogens is 182 g/mol. The van der Waals surface area contributed by atoms with Crippen LogP contribution in [0.3, 0.4) is 0 Å². The molecule has 6 heteroatoms. The van der Waals surface area contributed by atoms with Crippen LogP contribution in [-0.4, -0.2) is 25.4 Å². The highest BCUT2D eigenvalue weighted by atomic mass is 16.1. The molecule has 2 rings (SSSR count). The largest absolute Gasteiger partial charge is 0.370 e. The quantitative estimate of drug-likeness (QED) is 0.721. The lowest BCUT2D eigenvalue weighted by Gasteiger charge is -1.99. The zero-order valence-corrected chi connectivity index (χ0v) is 7.42. The average Bonchev–Trinajstić information content (AvgIpc) is 2.58. The van der Waals surface area contributed by atoms with Crippen LogP contribution in [0.5, 0.6) is 0 Å². The van der Waals surface area contributed by atoms with Gasteiger partial charge in [-0.3, -0.25) is 4.79 Å². The molecule has 1 amide bonds. The van der Waals surface area contributed by atoms with E-state index in [0.717, 1.165) is 11.2 Å². The fraction of sp³-hybridized carbons (Fsp3) is 0.250. The minimum Gasteiger partial charge on any atom is -0.370 e. The molecule has 72 valence electrons. The molecule has 0 atom stereocenters. The van der Waals surface area contributed by atoms with Gasteiger partial charge in [-0.05, 0) is 0 Å². The Morgan fingerprint density at radius 3 is 3.14 bits per heavy atom. The molecular formula is C8H9N5O. The molecule has 2 N–H and O–H groups in total. The summed E-state index contributed by atoms with van der Waals surface area (Å²) in [6.45, 7) is 0.503. The molecule has 6 nitrogen and oxygen atoms in total. The number of nitrogens with zero attached hydrogens (tertiary/aromatic N) is 4. The van der Waals surface area contributed by atoms with Gasteiger partial charge in [0, 0.05) is 13.0 Å². The molecule has 0 radical (unpaired) electrons. The Balaban J connectivity index is 2.29. The number of hydrogen-bond acceptors (Lipinski definition) is 4. The second kappa shape index (κ2) is 3.41. The summed E-state index contributed by atoms with van der Waals surface area (Å²) >= 11 is 0. The first-order chi connectivity index (χ1) is 6.77. The van der Waals surface area contributed by atoms with Crippen LogP contribution in [0, 0.1) is 0 Å². The van der Waals surface area contributed by atoms with Crippen molar-refractivity contribution in [3.63, 3.8) is 0 Å². The molecule has 2 aromatic heterocycles. The average molecular weight is 191 g/mol. The summed E-state index contributed by atoms with van der Waals surface area (Å²) in [5.41, 5.74) is 6.49. The van der Waals surface area contributed by atoms with Crippen molar-refractivity contribution in [1.29, 1.82) is 0 Å². The van der Waals surface area contributed by atoms with Gasteiger partial charge in [0.2, 0.25) is 5.91 Å². The molecule has 0 aliphatic heterocycles. The molecule has 2 heterocycles. The second-order valence-corrected chi connectivity index (χ2v) is 2.89. The summed E-state index contributed by atoms with van der Waals surface area (Å²) in [6, 6.07) is 0. The summed E-state index contributed by atoms with van der Waals surface area (Å²) in [7, 11) is 0. The molecule has 2 aromatic rings. The number of carbonyl (C=O) groups excluding carboxylic acids is 1. The van der Waals surface area contributed by atoms with Gasteiger partial charge in [-0.15, -0.1) is 0 Å². The molecule has 0 fully saturated rings. The van der Waals surface area contributed by atoms with Crippen molar-refractivity contribution in [3.8, 4) is 0 Å². The van der Waals surface area contributed by atoms with Gasteiger partial charge in [-0.2, -0.15) is 0 Å². The fourth-order valence-electron chi connectivity index (χ4n) is 1.21. The van der Waals surface area contributed by atoms with E-state index in [1.807, 2.05) is 0 Å².